The van der Waals surface area contributed by atoms with Crippen molar-refractivity contribution in [3.05, 3.63) is 35.4 Å². The van der Waals surface area contributed by atoms with Gasteiger partial charge in [0.05, 0.1) is 6.04 Å². The topological polar surface area (TPSA) is 46.3 Å². The van der Waals surface area contributed by atoms with Crippen LogP contribution in [0.25, 0.3) is 0 Å². The number of amides is 1. The van der Waals surface area contributed by atoms with Crippen LogP contribution >= 0.6 is 0 Å². The van der Waals surface area contributed by atoms with Gasteiger partial charge in [-0.05, 0) is 23.5 Å². The minimum absolute atomic E-state index is 0.0297. The third kappa shape index (κ3) is 3.86. The zero-order valence-corrected chi connectivity index (χ0v) is 11.1. The van der Waals surface area contributed by atoms with Crippen LogP contribution in [0.4, 0.5) is 0 Å². The Hall–Kier alpha value is -1.35. The summed E-state index contributed by atoms with van der Waals surface area (Å²) in [7, 11) is 3.45. The summed E-state index contributed by atoms with van der Waals surface area (Å²) in [4.78, 5) is 13.2. The molecule has 1 aromatic carbocycles. The number of rotatable bonds is 4. The van der Waals surface area contributed by atoms with Crippen molar-refractivity contribution in [2.45, 2.75) is 32.2 Å². The van der Waals surface area contributed by atoms with Crippen LogP contribution in [-0.4, -0.2) is 30.9 Å². The van der Waals surface area contributed by atoms with Crippen LogP contribution < -0.4 is 5.73 Å². The molecule has 1 unspecified atom stereocenters. The molecule has 0 radical (unpaired) electrons. The van der Waals surface area contributed by atoms with Gasteiger partial charge in [0.1, 0.15) is 0 Å². The van der Waals surface area contributed by atoms with Crippen molar-refractivity contribution in [1.82, 2.24) is 4.90 Å². The van der Waals surface area contributed by atoms with Crippen LogP contribution in [0.1, 0.15) is 30.9 Å². The van der Waals surface area contributed by atoms with Crippen LogP contribution in [-0.2, 0) is 11.2 Å². The van der Waals surface area contributed by atoms with Gasteiger partial charge in [-0.3, -0.25) is 4.79 Å². The van der Waals surface area contributed by atoms with Gasteiger partial charge in [0.25, 0.3) is 0 Å². The highest BCUT2D eigenvalue weighted by Gasteiger charge is 2.15. The van der Waals surface area contributed by atoms with Gasteiger partial charge in [0.15, 0.2) is 0 Å². The van der Waals surface area contributed by atoms with E-state index in [1.807, 2.05) is 0 Å². The average molecular weight is 234 g/mol. The first kappa shape index (κ1) is 13.7. The van der Waals surface area contributed by atoms with Crippen molar-refractivity contribution in [3.63, 3.8) is 0 Å². The molecule has 0 fully saturated rings. The molecule has 17 heavy (non-hydrogen) atoms. The third-order valence-corrected chi connectivity index (χ3v) is 2.86. The molecule has 0 heterocycles. The van der Waals surface area contributed by atoms with Gasteiger partial charge >= 0.3 is 0 Å². The third-order valence-electron chi connectivity index (χ3n) is 2.86. The molecule has 0 aliphatic rings. The molecule has 0 aromatic heterocycles. The predicted molar refractivity (Wildman–Crippen MR) is 70.9 cm³/mol. The Morgan fingerprint density at radius 3 is 2.18 bits per heavy atom. The Balaban J connectivity index is 2.66. The fourth-order valence-corrected chi connectivity index (χ4v) is 1.71. The second kappa shape index (κ2) is 5.82. The largest absolute Gasteiger partial charge is 0.347 e. The molecule has 0 saturated heterocycles. The van der Waals surface area contributed by atoms with E-state index in [1.54, 1.807) is 14.1 Å². The van der Waals surface area contributed by atoms with E-state index in [2.05, 4.69) is 38.1 Å². The van der Waals surface area contributed by atoms with Crippen LogP contribution in [0.2, 0.25) is 0 Å². The van der Waals surface area contributed by atoms with E-state index in [0.29, 0.717) is 12.3 Å². The smallest absolute Gasteiger partial charge is 0.239 e. The molecule has 0 aliphatic heterocycles. The Labute approximate surface area is 104 Å². The first-order valence-electron chi connectivity index (χ1n) is 5.97. The number of nitrogens with zero attached hydrogens (tertiary/aromatic N) is 1. The number of hydrogen-bond donors (Lipinski definition) is 1. The highest BCUT2D eigenvalue weighted by molar-refractivity contribution is 5.81. The van der Waals surface area contributed by atoms with Crippen molar-refractivity contribution in [3.8, 4) is 0 Å². The molecule has 94 valence electrons. The minimum Gasteiger partial charge on any atom is -0.347 e. The Kier molecular flexibility index (Phi) is 4.70. The highest BCUT2D eigenvalue weighted by Crippen LogP contribution is 2.15. The number of carbonyl (C=O) groups is 1. The quantitative estimate of drug-likeness (QED) is 0.863. The summed E-state index contributed by atoms with van der Waals surface area (Å²) in [6, 6.07) is 7.87. The molecule has 0 aliphatic carbocycles. The Bertz CT molecular complexity index is 368. The lowest BCUT2D eigenvalue weighted by Gasteiger charge is -2.17. The van der Waals surface area contributed by atoms with E-state index < -0.39 is 6.04 Å². The van der Waals surface area contributed by atoms with Gasteiger partial charge in [-0.1, -0.05) is 38.1 Å². The second-order valence-electron chi connectivity index (χ2n) is 4.94. The number of benzene rings is 1. The first-order chi connectivity index (χ1) is 7.91. The molecule has 1 amide bonds. The molecule has 2 N–H and O–H groups in total. The average Bonchev–Trinajstić information content (AvgIpc) is 2.28. The van der Waals surface area contributed by atoms with Crippen molar-refractivity contribution >= 4 is 5.91 Å². The van der Waals surface area contributed by atoms with Gasteiger partial charge in [-0.15, -0.1) is 0 Å². The zero-order chi connectivity index (χ0) is 13.0. The maximum Gasteiger partial charge on any atom is 0.239 e. The summed E-state index contributed by atoms with van der Waals surface area (Å²) >= 11 is 0. The molecule has 1 aromatic rings. The summed E-state index contributed by atoms with van der Waals surface area (Å²) in [5.74, 6) is 0.499. The van der Waals surface area contributed by atoms with E-state index >= 15 is 0 Å². The molecule has 0 bridgehead atoms. The van der Waals surface area contributed by atoms with Crippen LogP contribution in [0.5, 0.6) is 0 Å². The molecule has 0 spiro atoms. The van der Waals surface area contributed by atoms with Crippen LogP contribution in [0, 0.1) is 0 Å². The van der Waals surface area contributed by atoms with Gasteiger partial charge in [0.2, 0.25) is 5.91 Å². The highest BCUT2D eigenvalue weighted by atomic mass is 16.2. The van der Waals surface area contributed by atoms with Crippen LogP contribution in [0.3, 0.4) is 0 Å². The van der Waals surface area contributed by atoms with Gasteiger partial charge < -0.3 is 10.6 Å². The molecule has 3 heteroatoms. The Morgan fingerprint density at radius 2 is 1.76 bits per heavy atom. The van der Waals surface area contributed by atoms with Crippen molar-refractivity contribution in [1.29, 1.82) is 0 Å². The van der Waals surface area contributed by atoms with Crippen molar-refractivity contribution in [2.75, 3.05) is 14.1 Å². The number of nitrogens with two attached hydrogens (primary N) is 1. The summed E-state index contributed by atoms with van der Waals surface area (Å²) in [6.07, 6.45) is 0.593. The van der Waals surface area contributed by atoms with Gasteiger partial charge in [0, 0.05) is 14.1 Å². The Morgan fingerprint density at radius 1 is 1.24 bits per heavy atom. The monoisotopic (exact) mass is 234 g/mol. The molecule has 1 rings (SSSR count). The fourth-order valence-electron chi connectivity index (χ4n) is 1.71. The second-order valence-corrected chi connectivity index (χ2v) is 4.94. The molecule has 3 nitrogen and oxygen atoms in total. The summed E-state index contributed by atoms with van der Waals surface area (Å²) in [5.41, 5.74) is 8.27. The van der Waals surface area contributed by atoms with Gasteiger partial charge in [-0.2, -0.15) is 0 Å². The van der Waals surface area contributed by atoms with Gasteiger partial charge in [-0.25, -0.2) is 0 Å². The SMILES string of the molecule is CC(C)c1ccc(CC(N)C(=O)N(C)C)cc1. The zero-order valence-electron chi connectivity index (χ0n) is 11.1. The van der Waals surface area contributed by atoms with Crippen LogP contribution in [0.15, 0.2) is 24.3 Å². The minimum atomic E-state index is -0.449. The maximum absolute atomic E-state index is 11.6. The van der Waals surface area contributed by atoms with E-state index in [1.165, 1.54) is 10.5 Å². The maximum atomic E-state index is 11.6. The lowest BCUT2D eigenvalue weighted by atomic mass is 9.99. The molecular weight excluding hydrogens is 212 g/mol. The predicted octanol–water partition coefficient (Wildman–Crippen LogP) is 1.77. The van der Waals surface area contributed by atoms with E-state index in [4.69, 9.17) is 5.73 Å². The number of carbonyl (C=O) groups excluding carboxylic acids is 1. The van der Waals surface area contributed by atoms with Crippen molar-refractivity contribution in [2.24, 2.45) is 5.73 Å². The standard InChI is InChI=1S/C14H22N2O/c1-10(2)12-7-5-11(6-8-12)9-13(15)14(17)16(3)4/h5-8,10,13H,9,15H2,1-4H3. The molecule has 1 atom stereocenters. The lowest BCUT2D eigenvalue weighted by molar-refractivity contribution is -0.130. The number of likely N-dealkylation sites (N-methyl/N-ethyl adjacent to an activating group) is 1. The van der Waals surface area contributed by atoms with E-state index in [-0.39, 0.29) is 5.91 Å². The van der Waals surface area contributed by atoms with E-state index in [0.717, 1.165) is 5.56 Å². The lowest BCUT2D eigenvalue weighted by Crippen LogP contribution is -2.41. The summed E-state index contributed by atoms with van der Waals surface area (Å²) in [6.45, 7) is 4.33. The number of hydrogen-bond acceptors (Lipinski definition) is 2. The first-order valence-corrected chi connectivity index (χ1v) is 5.97. The molecule has 0 saturated carbocycles. The summed E-state index contributed by atoms with van der Waals surface area (Å²) in [5, 5.41) is 0. The fraction of sp³-hybridized carbons (Fsp3) is 0.500. The summed E-state index contributed by atoms with van der Waals surface area (Å²) < 4.78 is 0. The van der Waals surface area contributed by atoms with E-state index in [9.17, 15) is 4.79 Å². The van der Waals surface area contributed by atoms with Crippen molar-refractivity contribution < 1.29 is 4.79 Å². The normalized spacial score (nSPS) is 12.6. The molecular formula is C14H22N2O.